The van der Waals surface area contributed by atoms with Crippen LogP contribution in [-0.4, -0.2) is 35.5 Å². The number of hydrogen-bond donors (Lipinski definition) is 3. The SMILES string of the molecule is CC[C@](C)(O)c1nnn(-c2nonc2N)c1[C@@](C)(O)CC. The van der Waals surface area contributed by atoms with Crippen LogP contribution in [0.2, 0.25) is 0 Å². The van der Waals surface area contributed by atoms with Crippen LogP contribution in [0.25, 0.3) is 5.82 Å². The van der Waals surface area contributed by atoms with Crippen molar-refractivity contribution in [2.45, 2.75) is 51.7 Å². The van der Waals surface area contributed by atoms with Gasteiger partial charge in [0.05, 0.1) is 0 Å². The highest BCUT2D eigenvalue weighted by atomic mass is 16.6. The minimum atomic E-state index is -1.27. The third-order valence-electron chi connectivity index (χ3n) is 3.76. The van der Waals surface area contributed by atoms with Crippen LogP contribution in [0.1, 0.15) is 51.9 Å². The molecule has 2 heterocycles. The second-order valence-corrected chi connectivity index (χ2v) is 5.43. The first-order valence-corrected chi connectivity index (χ1v) is 6.74. The summed E-state index contributed by atoms with van der Waals surface area (Å²) in [6.07, 6.45) is 0.795. The lowest BCUT2D eigenvalue weighted by Gasteiger charge is -2.27. The molecule has 0 unspecified atom stereocenters. The van der Waals surface area contributed by atoms with Gasteiger partial charge in [-0.25, -0.2) is 4.63 Å². The molecule has 116 valence electrons. The monoisotopic (exact) mass is 296 g/mol. The molecule has 0 aliphatic carbocycles. The molecular weight excluding hydrogens is 276 g/mol. The molecule has 2 aromatic heterocycles. The Morgan fingerprint density at radius 1 is 1.14 bits per heavy atom. The minimum absolute atomic E-state index is 0.0238. The Balaban J connectivity index is 2.72. The highest BCUT2D eigenvalue weighted by Crippen LogP contribution is 2.35. The van der Waals surface area contributed by atoms with Gasteiger partial charge in [0.1, 0.15) is 22.6 Å². The minimum Gasteiger partial charge on any atom is -0.384 e. The Morgan fingerprint density at radius 2 is 1.76 bits per heavy atom. The van der Waals surface area contributed by atoms with Crippen molar-refractivity contribution < 1.29 is 14.8 Å². The van der Waals surface area contributed by atoms with Crippen molar-refractivity contribution in [3.05, 3.63) is 11.4 Å². The molecule has 2 aromatic rings. The third-order valence-corrected chi connectivity index (χ3v) is 3.76. The van der Waals surface area contributed by atoms with E-state index in [0.29, 0.717) is 18.5 Å². The van der Waals surface area contributed by atoms with Crippen molar-refractivity contribution in [3.8, 4) is 5.82 Å². The summed E-state index contributed by atoms with van der Waals surface area (Å²) in [7, 11) is 0. The predicted molar refractivity (Wildman–Crippen MR) is 73.4 cm³/mol. The number of nitrogens with two attached hydrogens (primary N) is 1. The maximum absolute atomic E-state index is 10.7. The number of rotatable bonds is 5. The summed E-state index contributed by atoms with van der Waals surface area (Å²) in [6.45, 7) is 6.85. The van der Waals surface area contributed by atoms with Crippen LogP contribution >= 0.6 is 0 Å². The normalized spacial score (nSPS) is 17.4. The van der Waals surface area contributed by atoms with Gasteiger partial charge in [0, 0.05) is 0 Å². The molecule has 2 atom stereocenters. The van der Waals surface area contributed by atoms with Crippen LogP contribution in [0.3, 0.4) is 0 Å². The maximum atomic E-state index is 10.7. The number of hydrogen-bond acceptors (Lipinski definition) is 8. The fourth-order valence-electron chi connectivity index (χ4n) is 1.95. The number of aromatic nitrogens is 5. The van der Waals surface area contributed by atoms with E-state index in [2.05, 4.69) is 25.3 Å². The average molecular weight is 296 g/mol. The lowest BCUT2D eigenvalue weighted by atomic mass is 9.89. The smallest absolute Gasteiger partial charge is 0.243 e. The van der Waals surface area contributed by atoms with E-state index in [1.54, 1.807) is 13.8 Å². The van der Waals surface area contributed by atoms with E-state index in [1.807, 2.05) is 13.8 Å². The maximum Gasteiger partial charge on any atom is 0.243 e. The van der Waals surface area contributed by atoms with Gasteiger partial charge in [-0.15, -0.1) is 5.10 Å². The summed E-state index contributed by atoms with van der Waals surface area (Å²) in [5, 5.41) is 36.3. The van der Waals surface area contributed by atoms with Crippen LogP contribution in [0.15, 0.2) is 4.63 Å². The molecule has 0 radical (unpaired) electrons. The van der Waals surface area contributed by atoms with Gasteiger partial charge in [0.2, 0.25) is 11.6 Å². The van der Waals surface area contributed by atoms with Crippen LogP contribution < -0.4 is 5.73 Å². The molecule has 0 saturated carbocycles. The second-order valence-electron chi connectivity index (χ2n) is 5.43. The summed E-state index contributed by atoms with van der Waals surface area (Å²) in [6, 6.07) is 0. The Hall–Kier alpha value is -2.00. The van der Waals surface area contributed by atoms with E-state index in [0.717, 1.165) is 0 Å². The lowest BCUT2D eigenvalue weighted by Crippen LogP contribution is -2.31. The van der Waals surface area contributed by atoms with Crippen LogP contribution in [0.4, 0.5) is 5.82 Å². The van der Waals surface area contributed by atoms with E-state index >= 15 is 0 Å². The molecule has 21 heavy (non-hydrogen) atoms. The molecule has 0 aliphatic rings. The van der Waals surface area contributed by atoms with E-state index in [9.17, 15) is 10.2 Å². The highest BCUT2D eigenvalue weighted by molar-refractivity contribution is 5.46. The first kappa shape index (κ1) is 15.4. The molecule has 2 rings (SSSR count). The van der Waals surface area contributed by atoms with Crippen molar-refractivity contribution in [3.63, 3.8) is 0 Å². The molecule has 0 amide bonds. The Bertz CT molecular complexity index is 631. The summed E-state index contributed by atoms with van der Waals surface area (Å²) in [5.41, 5.74) is 3.76. The van der Waals surface area contributed by atoms with Gasteiger partial charge in [-0.1, -0.05) is 19.1 Å². The van der Waals surface area contributed by atoms with Gasteiger partial charge in [0.25, 0.3) is 0 Å². The predicted octanol–water partition coefficient (Wildman–Crippen LogP) is 0.467. The lowest BCUT2D eigenvalue weighted by molar-refractivity contribution is 0.0211. The first-order valence-electron chi connectivity index (χ1n) is 6.74. The van der Waals surface area contributed by atoms with E-state index in [4.69, 9.17) is 5.73 Å². The Labute approximate surface area is 121 Å². The zero-order valence-electron chi connectivity index (χ0n) is 12.5. The van der Waals surface area contributed by atoms with Crippen molar-refractivity contribution in [2.24, 2.45) is 0 Å². The summed E-state index contributed by atoms with van der Waals surface area (Å²) >= 11 is 0. The van der Waals surface area contributed by atoms with Crippen LogP contribution in [0, 0.1) is 0 Å². The van der Waals surface area contributed by atoms with Crippen molar-refractivity contribution in [2.75, 3.05) is 5.73 Å². The average Bonchev–Trinajstić information content (AvgIpc) is 3.04. The first-order chi connectivity index (χ1) is 9.74. The molecule has 9 nitrogen and oxygen atoms in total. The van der Waals surface area contributed by atoms with Gasteiger partial charge < -0.3 is 15.9 Å². The van der Waals surface area contributed by atoms with Gasteiger partial charge >= 0.3 is 0 Å². The third kappa shape index (κ3) is 2.49. The van der Waals surface area contributed by atoms with Gasteiger partial charge in [0.15, 0.2) is 0 Å². The van der Waals surface area contributed by atoms with Crippen molar-refractivity contribution in [1.29, 1.82) is 0 Å². The standard InChI is InChI=1S/C12H20N6O3/c1-5-11(3,19)7-8(12(4,20)6-2)18(17-14-7)10-9(13)15-21-16-10/h19-20H,5-6H2,1-4H3,(H2,13,15)/t11-,12-/m0/s1. The Morgan fingerprint density at radius 3 is 2.24 bits per heavy atom. The molecule has 0 fully saturated rings. The van der Waals surface area contributed by atoms with Crippen LogP contribution in [-0.2, 0) is 11.2 Å². The summed E-state index contributed by atoms with van der Waals surface area (Å²) < 4.78 is 5.82. The molecule has 9 heteroatoms. The van der Waals surface area contributed by atoms with Gasteiger partial charge in [-0.2, -0.15) is 4.68 Å². The molecule has 0 bridgehead atoms. The largest absolute Gasteiger partial charge is 0.384 e. The quantitative estimate of drug-likeness (QED) is 0.724. The second kappa shape index (κ2) is 5.08. The molecular formula is C12H20N6O3. The number of anilines is 1. The Kier molecular flexibility index (Phi) is 3.72. The topological polar surface area (TPSA) is 136 Å². The van der Waals surface area contributed by atoms with E-state index in [-0.39, 0.29) is 17.3 Å². The molecule has 0 saturated heterocycles. The van der Waals surface area contributed by atoms with Crippen molar-refractivity contribution >= 4 is 5.82 Å². The number of aliphatic hydroxyl groups is 2. The molecule has 0 aliphatic heterocycles. The molecule has 4 N–H and O–H groups in total. The fourth-order valence-corrected chi connectivity index (χ4v) is 1.95. The zero-order chi connectivity index (χ0) is 15.8. The summed E-state index contributed by atoms with van der Waals surface area (Å²) in [4.78, 5) is 0. The van der Waals surface area contributed by atoms with E-state index in [1.165, 1.54) is 4.68 Å². The van der Waals surface area contributed by atoms with Crippen molar-refractivity contribution in [1.82, 2.24) is 25.3 Å². The zero-order valence-corrected chi connectivity index (χ0v) is 12.5. The fraction of sp³-hybridized carbons (Fsp3) is 0.667. The van der Waals surface area contributed by atoms with Gasteiger partial charge in [-0.05, 0) is 37.0 Å². The van der Waals surface area contributed by atoms with Gasteiger partial charge in [-0.3, -0.25) is 0 Å². The number of nitrogen functional groups attached to an aromatic ring is 1. The highest BCUT2D eigenvalue weighted by Gasteiger charge is 2.39. The summed E-state index contributed by atoms with van der Waals surface area (Å²) in [5.74, 6) is 0.153. The van der Waals surface area contributed by atoms with Crippen LogP contribution in [0.5, 0.6) is 0 Å². The van der Waals surface area contributed by atoms with E-state index < -0.39 is 11.2 Å². The molecule has 0 aromatic carbocycles. The number of nitrogens with zero attached hydrogens (tertiary/aromatic N) is 5. The molecule has 0 spiro atoms.